The Bertz CT molecular complexity index is 611. The van der Waals surface area contributed by atoms with Crippen molar-refractivity contribution in [1.29, 1.82) is 0 Å². The first-order valence-electron chi connectivity index (χ1n) is 16.4. The fourth-order valence-corrected chi connectivity index (χ4v) is 5.37. The van der Waals surface area contributed by atoms with Gasteiger partial charge in [0.2, 0.25) is 0 Å². The molecule has 0 bridgehead atoms. The molecule has 0 fully saturated rings. The maximum absolute atomic E-state index is 12.2. The second-order valence-electron chi connectivity index (χ2n) is 12.3. The van der Waals surface area contributed by atoms with Crippen LogP contribution in [0, 0.1) is 0 Å². The van der Waals surface area contributed by atoms with Crippen molar-refractivity contribution in [2.75, 3.05) is 61.2 Å². The Morgan fingerprint density at radius 2 is 1.18 bits per heavy atom. The summed E-state index contributed by atoms with van der Waals surface area (Å²) < 4.78 is 34.0. The maximum Gasteiger partial charge on any atom is 0.472 e. The van der Waals surface area contributed by atoms with Gasteiger partial charge in [-0.3, -0.25) is 9.05 Å². The van der Waals surface area contributed by atoms with E-state index in [2.05, 4.69) is 19.1 Å². The summed E-state index contributed by atoms with van der Waals surface area (Å²) in [6.45, 7) is 4.04. The zero-order valence-electron chi connectivity index (χ0n) is 27.1. The third-order valence-electron chi connectivity index (χ3n) is 7.01. The molecule has 1 unspecified atom stereocenters. The molecule has 0 aromatic rings. The number of ether oxygens (including phenoxy) is 2. The highest BCUT2D eigenvalue weighted by Crippen LogP contribution is 2.44. The van der Waals surface area contributed by atoms with Crippen molar-refractivity contribution in [3.63, 3.8) is 0 Å². The SMILES string of the molecule is CCCCCCCCCCCC/C=C\CCCCCCCCCOC[C@H](COC)OP(=O)(O)OCC[N+](C)(C)C. The molecule has 0 aliphatic carbocycles. The predicted octanol–water partition coefficient (Wildman–Crippen LogP) is 8.85. The number of methoxy groups -OCH3 is 1. The van der Waals surface area contributed by atoms with Gasteiger partial charge in [-0.05, 0) is 32.1 Å². The van der Waals surface area contributed by atoms with Crippen molar-refractivity contribution < 1.29 is 32.5 Å². The van der Waals surface area contributed by atoms with Crippen LogP contribution >= 0.6 is 7.82 Å². The first kappa shape index (κ1) is 39.7. The Kier molecular flexibility index (Phi) is 27.4. The number of allylic oxidation sites excluding steroid dienone is 2. The van der Waals surface area contributed by atoms with E-state index >= 15 is 0 Å². The van der Waals surface area contributed by atoms with Crippen LogP contribution in [0.1, 0.15) is 129 Å². The highest BCUT2D eigenvalue weighted by molar-refractivity contribution is 7.47. The van der Waals surface area contributed by atoms with Gasteiger partial charge in [-0.25, -0.2) is 4.57 Å². The van der Waals surface area contributed by atoms with Gasteiger partial charge in [0, 0.05) is 13.7 Å². The van der Waals surface area contributed by atoms with Gasteiger partial charge in [0.25, 0.3) is 0 Å². The summed E-state index contributed by atoms with van der Waals surface area (Å²) in [6.07, 6.45) is 29.2. The molecule has 0 radical (unpaired) electrons. The number of phosphoric ester groups is 1. The van der Waals surface area contributed by atoms with Gasteiger partial charge in [-0.15, -0.1) is 0 Å². The fourth-order valence-electron chi connectivity index (χ4n) is 4.49. The molecule has 0 aromatic heterocycles. The van der Waals surface area contributed by atoms with Crippen LogP contribution in [-0.4, -0.2) is 76.7 Å². The third kappa shape index (κ3) is 30.7. The quantitative estimate of drug-likeness (QED) is 0.0375. The molecule has 0 spiro atoms. The van der Waals surface area contributed by atoms with Crippen LogP contribution in [0.4, 0.5) is 0 Å². The monoisotopic (exact) mass is 592 g/mol. The van der Waals surface area contributed by atoms with Gasteiger partial charge in [-0.1, -0.05) is 109 Å². The molecule has 0 aromatic carbocycles. The minimum absolute atomic E-state index is 0.147. The minimum Gasteiger partial charge on any atom is -0.382 e. The predicted molar refractivity (Wildman–Crippen MR) is 169 cm³/mol. The summed E-state index contributed by atoms with van der Waals surface area (Å²) >= 11 is 0. The highest BCUT2D eigenvalue weighted by atomic mass is 31.2. The molecule has 2 atom stereocenters. The first-order valence-corrected chi connectivity index (χ1v) is 17.9. The minimum atomic E-state index is -4.14. The van der Waals surface area contributed by atoms with E-state index < -0.39 is 13.9 Å². The van der Waals surface area contributed by atoms with Gasteiger partial charge < -0.3 is 18.9 Å². The van der Waals surface area contributed by atoms with E-state index in [4.69, 9.17) is 18.5 Å². The Labute approximate surface area is 248 Å². The van der Waals surface area contributed by atoms with E-state index in [0.29, 0.717) is 17.6 Å². The van der Waals surface area contributed by atoms with E-state index in [9.17, 15) is 9.46 Å². The van der Waals surface area contributed by atoms with Gasteiger partial charge in [0.15, 0.2) is 0 Å². The Hall–Kier alpha value is -0.270. The summed E-state index contributed by atoms with van der Waals surface area (Å²) in [5.41, 5.74) is 0. The van der Waals surface area contributed by atoms with Crippen LogP contribution in [0.5, 0.6) is 0 Å². The molecule has 0 saturated heterocycles. The van der Waals surface area contributed by atoms with E-state index in [1.807, 2.05) is 21.1 Å². The number of rotatable bonds is 31. The summed E-state index contributed by atoms with van der Waals surface area (Å²) in [5.74, 6) is 0. The van der Waals surface area contributed by atoms with Gasteiger partial charge in [-0.2, -0.15) is 0 Å². The molecule has 240 valence electrons. The molecule has 40 heavy (non-hydrogen) atoms. The van der Waals surface area contributed by atoms with E-state index in [1.54, 1.807) is 0 Å². The molecule has 0 aliphatic heterocycles. The van der Waals surface area contributed by atoms with E-state index in [1.165, 1.54) is 116 Å². The van der Waals surface area contributed by atoms with Crippen molar-refractivity contribution in [2.24, 2.45) is 0 Å². The molecule has 7 nitrogen and oxygen atoms in total. The Balaban J connectivity index is 3.55. The molecule has 0 saturated carbocycles. The summed E-state index contributed by atoms with van der Waals surface area (Å²) in [7, 11) is 3.38. The lowest BCUT2D eigenvalue weighted by molar-refractivity contribution is -0.870. The van der Waals surface area contributed by atoms with Gasteiger partial charge in [0.1, 0.15) is 19.3 Å². The Morgan fingerprint density at radius 3 is 1.65 bits per heavy atom. The normalized spacial score (nSPS) is 14.7. The standard InChI is InChI=1S/C32H66NO6P/c1-6-7-8-9-10-11-12-13-14-15-16-17-18-19-20-21-22-23-24-25-26-28-37-31-32(30-36-5)39-40(34,35)38-29-27-33(2,3)4/h17-18,32H,6-16,19-31H2,1-5H3/p+1/b18-17-/t32-/m0/s1. The van der Waals surface area contributed by atoms with Crippen molar-refractivity contribution >= 4 is 7.82 Å². The molecular weight excluding hydrogens is 525 g/mol. The number of hydrogen-bond acceptors (Lipinski definition) is 5. The second kappa shape index (κ2) is 27.6. The van der Waals surface area contributed by atoms with E-state index in [0.717, 1.165) is 12.8 Å². The average Bonchev–Trinajstić information content (AvgIpc) is 2.88. The molecule has 0 rings (SSSR count). The Morgan fingerprint density at radius 1 is 0.700 bits per heavy atom. The molecule has 0 aliphatic rings. The number of nitrogens with zero attached hydrogens (tertiary/aromatic N) is 1. The van der Waals surface area contributed by atoms with Crippen molar-refractivity contribution in [1.82, 2.24) is 0 Å². The smallest absolute Gasteiger partial charge is 0.382 e. The number of phosphoric acid groups is 1. The zero-order chi connectivity index (χ0) is 29.8. The number of hydrogen-bond donors (Lipinski definition) is 1. The lowest BCUT2D eigenvalue weighted by Crippen LogP contribution is -2.37. The van der Waals surface area contributed by atoms with Crippen LogP contribution in [0.3, 0.4) is 0 Å². The average molecular weight is 593 g/mol. The summed E-state index contributed by atoms with van der Waals surface area (Å²) in [6, 6.07) is 0. The van der Waals surface area contributed by atoms with Crippen molar-refractivity contribution in [3.8, 4) is 0 Å². The largest absolute Gasteiger partial charge is 0.472 e. The van der Waals surface area contributed by atoms with Gasteiger partial charge >= 0.3 is 7.82 Å². The molecule has 0 amide bonds. The van der Waals surface area contributed by atoms with E-state index in [-0.39, 0.29) is 19.8 Å². The number of likely N-dealkylation sites (N-methyl/N-ethyl adjacent to an activating group) is 1. The second-order valence-corrected chi connectivity index (χ2v) is 13.7. The maximum atomic E-state index is 12.2. The fraction of sp³-hybridized carbons (Fsp3) is 0.938. The molecule has 1 N–H and O–H groups in total. The van der Waals surface area contributed by atoms with Crippen LogP contribution < -0.4 is 0 Å². The summed E-state index contributed by atoms with van der Waals surface area (Å²) in [4.78, 5) is 9.98. The number of quaternary nitrogens is 1. The first-order chi connectivity index (χ1) is 19.2. The molecule has 8 heteroatoms. The lowest BCUT2D eigenvalue weighted by atomic mass is 10.1. The third-order valence-corrected chi connectivity index (χ3v) is 8.08. The number of unbranched alkanes of at least 4 members (excludes halogenated alkanes) is 17. The van der Waals surface area contributed by atoms with Crippen LogP contribution in [0.2, 0.25) is 0 Å². The van der Waals surface area contributed by atoms with Crippen LogP contribution in [0.15, 0.2) is 12.2 Å². The summed E-state index contributed by atoms with van der Waals surface area (Å²) in [5, 5.41) is 0. The molecular formula is C32H67NO6P+. The van der Waals surface area contributed by atoms with Crippen LogP contribution in [0.25, 0.3) is 0 Å². The zero-order valence-corrected chi connectivity index (χ0v) is 28.0. The molecule has 0 heterocycles. The lowest BCUT2D eigenvalue weighted by Gasteiger charge is -2.25. The topological polar surface area (TPSA) is 74.2 Å². The van der Waals surface area contributed by atoms with Crippen molar-refractivity contribution in [2.45, 2.75) is 135 Å². The van der Waals surface area contributed by atoms with Crippen molar-refractivity contribution in [3.05, 3.63) is 12.2 Å². The van der Waals surface area contributed by atoms with Gasteiger partial charge in [0.05, 0.1) is 34.4 Å². The highest BCUT2D eigenvalue weighted by Gasteiger charge is 2.27. The van der Waals surface area contributed by atoms with Crippen LogP contribution in [-0.2, 0) is 23.1 Å².